The Morgan fingerprint density at radius 1 is 0.972 bits per heavy atom. The first-order chi connectivity index (χ1) is 17.7. The highest BCUT2D eigenvalue weighted by Crippen LogP contribution is 2.35. The van der Waals surface area contributed by atoms with Crippen LogP contribution in [0.15, 0.2) is 59.8 Å². The van der Waals surface area contributed by atoms with Crippen LogP contribution in [0, 0.1) is 5.92 Å². The molecule has 0 spiro atoms. The van der Waals surface area contributed by atoms with Gasteiger partial charge in [0.05, 0.1) is 6.10 Å². The first kappa shape index (κ1) is 23.9. The van der Waals surface area contributed by atoms with Crippen molar-refractivity contribution in [2.24, 2.45) is 5.92 Å². The molecule has 2 aromatic carbocycles. The molecule has 0 bridgehead atoms. The number of hydrogen-bond acceptors (Lipinski definition) is 2. The summed E-state index contributed by atoms with van der Waals surface area (Å²) in [5.74, 6) is 1.31. The number of benzene rings is 2. The molecule has 2 saturated carbocycles. The van der Waals surface area contributed by atoms with Crippen LogP contribution in [0.2, 0.25) is 0 Å². The van der Waals surface area contributed by atoms with Crippen LogP contribution in [-0.4, -0.2) is 9.67 Å². The van der Waals surface area contributed by atoms with Gasteiger partial charge < -0.3 is 15.0 Å². The van der Waals surface area contributed by atoms with Gasteiger partial charge in [0.15, 0.2) is 0 Å². The summed E-state index contributed by atoms with van der Waals surface area (Å²) in [4.78, 5) is 0. The van der Waals surface area contributed by atoms with Gasteiger partial charge in [0, 0.05) is 40.4 Å². The van der Waals surface area contributed by atoms with Crippen molar-refractivity contribution >= 4 is 34.3 Å². The van der Waals surface area contributed by atoms with Crippen LogP contribution < -0.4 is 5.32 Å². The average molecular weight is 501 g/mol. The minimum absolute atomic E-state index is 0.328. The lowest BCUT2D eigenvalue weighted by molar-refractivity contribution is 0.180. The van der Waals surface area contributed by atoms with Crippen molar-refractivity contribution in [1.29, 1.82) is 0 Å². The van der Waals surface area contributed by atoms with Gasteiger partial charge in [0.2, 0.25) is 0 Å². The van der Waals surface area contributed by atoms with Gasteiger partial charge in [-0.2, -0.15) is 0 Å². The Balaban J connectivity index is 1.32. The summed E-state index contributed by atoms with van der Waals surface area (Å²) in [7, 11) is 0. The van der Waals surface area contributed by atoms with E-state index in [0.717, 1.165) is 49.4 Å². The number of alkyl halides is 1. The van der Waals surface area contributed by atoms with E-state index < -0.39 is 0 Å². The van der Waals surface area contributed by atoms with E-state index in [9.17, 15) is 5.11 Å². The largest absolute Gasteiger partial charge is 0.388 e. The standard InChI is InChI=1S/C32H37ClN2O/c33-20-23-9-15-31-26(17-23)18-28(35(31)21-22-5-2-1-3-6-22)13-14-30(25-7-4-8-25)34-27-12-10-24-11-16-32(36)29(24)19-27/h9-10,12-15,17-19,22,32,34,36H,1-8,11,16,20-21H2/b14-13+. The van der Waals surface area contributed by atoms with E-state index in [0.29, 0.717) is 5.88 Å². The van der Waals surface area contributed by atoms with E-state index in [-0.39, 0.29) is 6.10 Å². The molecule has 0 aliphatic heterocycles. The van der Waals surface area contributed by atoms with Crippen molar-refractivity contribution in [3.05, 3.63) is 82.2 Å². The molecule has 36 heavy (non-hydrogen) atoms. The summed E-state index contributed by atoms with van der Waals surface area (Å²) in [5, 5.41) is 15.4. The van der Waals surface area contributed by atoms with Gasteiger partial charge in [0.25, 0.3) is 0 Å². The van der Waals surface area contributed by atoms with E-state index in [1.165, 1.54) is 77.5 Å². The van der Waals surface area contributed by atoms with E-state index in [1.807, 2.05) is 0 Å². The van der Waals surface area contributed by atoms with Crippen molar-refractivity contribution < 1.29 is 5.11 Å². The third kappa shape index (κ3) is 4.88. The fourth-order valence-electron chi connectivity index (χ4n) is 6.25. The monoisotopic (exact) mass is 500 g/mol. The van der Waals surface area contributed by atoms with Gasteiger partial charge in [-0.05, 0) is 116 Å². The van der Waals surface area contributed by atoms with Gasteiger partial charge in [-0.3, -0.25) is 0 Å². The first-order valence-corrected chi connectivity index (χ1v) is 14.4. The van der Waals surface area contributed by atoms with Crippen LogP contribution in [0.1, 0.15) is 86.3 Å². The lowest BCUT2D eigenvalue weighted by Crippen LogP contribution is -2.15. The van der Waals surface area contributed by atoms with E-state index in [1.54, 1.807) is 0 Å². The van der Waals surface area contributed by atoms with Crippen molar-refractivity contribution in [2.75, 3.05) is 5.32 Å². The minimum atomic E-state index is -0.328. The van der Waals surface area contributed by atoms with E-state index >= 15 is 0 Å². The van der Waals surface area contributed by atoms with Crippen molar-refractivity contribution in [3.63, 3.8) is 0 Å². The maximum absolute atomic E-state index is 10.4. The predicted octanol–water partition coefficient (Wildman–Crippen LogP) is 8.50. The molecule has 1 atom stereocenters. The van der Waals surface area contributed by atoms with Crippen LogP contribution in [0.5, 0.6) is 0 Å². The molecule has 0 amide bonds. The Morgan fingerprint density at radius 2 is 1.83 bits per heavy atom. The highest BCUT2D eigenvalue weighted by molar-refractivity contribution is 6.17. The smallest absolute Gasteiger partial charge is 0.0796 e. The number of rotatable bonds is 7. The van der Waals surface area contributed by atoms with Crippen LogP contribution in [0.3, 0.4) is 0 Å². The summed E-state index contributed by atoms with van der Waals surface area (Å²) in [6, 6.07) is 15.5. The lowest BCUT2D eigenvalue weighted by Gasteiger charge is -2.24. The van der Waals surface area contributed by atoms with Crippen LogP contribution >= 0.6 is 11.6 Å². The molecule has 2 fully saturated rings. The number of halogens is 1. The molecule has 1 unspecified atom stereocenters. The molecule has 1 heterocycles. The van der Waals surface area contributed by atoms with Gasteiger partial charge in [0.1, 0.15) is 0 Å². The van der Waals surface area contributed by atoms with Crippen molar-refractivity contribution in [2.45, 2.75) is 82.7 Å². The Bertz CT molecular complexity index is 1310. The third-order valence-corrected chi connectivity index (χ3v) is 8.86. The molecule has 4 heteroatoms. The molecule has 3 nitrogen and oxygen atoms in total. The summed E-state index contributed by atoms with van der Waals surface area (Å²) in [5.41, 5.74) is 9.90. The number of aromatic nitrogens is 1. The molecule has 1 aromatic heterocycles. The van der Waals surface area contributed by atoms with Gasteiger partial charge in [-0.1, -0.05) is 31.4 Å². The molecular formula is C32H37ClN2O. The zero-order valence-corrected chi connectivity index (χ0v) is 21.9. The van der Waals surface area contributed by atoms with Gasteiger partial charge in [-0.25, -0.2) is 0 Å². The normalized spacial score (nSPS) is 20.2. The first-order valence-electron chi connectivity index (χ1n) is 13.8. The topological polar surface area (TPSA) is 37.2 Å². The van der Waals surface area contributed by atoms with Crippen molar-refractivity contribution in [3.8, 4) is 0 Å². The molecule has 2 N–H and O–H groups in total. The van der Waals surface area contributed by atoms with Gasteiger partial charge in [-0.15, -0.1) is 11.6 Å². The summed E-state index contributed by atoms with van der Waals surface area (Å²) < 4.78 is 2.54. The maximum atomic E-state index is 10.4. The lowest BCUT2D eigenvalue weighted by atomic mass is 9.89. The average Bonchev–Trinajstić information content (AvgIpc) is 3.41. The SMILES string of the molecule is OC1CCc2ccc(NC(/C=C/c3cc4cc(CCl)ccc4n3CC3CCCCC3)=C3CCC3)cc21. The highest BCUT2D eigenvalue weighted by Gasteiger charge is 2.21. The number of aliphatic hydroxyl groups is 1. The maximum Gasteiger partial charge on any atom is 0.0796 e. The third-order valence-electron chi connectivity index (χ3n) is 8.55. The number of aryl methyl sites for hydroxylation is 1. The fourth-order valence-corrected chi connectivity index (χ4v) is 6.41. The summed E-state index contributed by atoms with van der Waals surface area (Å²) >= 11 is 6.16. The second kappa shape index (κ2) is 10.5. The second-order valence-electron chi connectivity index (χ2n) is 11.0. The highest BCUT2D eigenvalue weighted by atomic mass is 35.5. The summed E-state index contributed by atoms with van der Waals surface area (Å²) in [6.45, 7) is 1.09. The fraction of sp³-hybridized carbons (Fsp3) is 0.438. The summed E-state index contributed by atoms with van der Waals surface area (Å²) in [6.07, 6.45) is 16.4. The predicted molar refractivity (Wildman–Crippen MR) is 151 cm³/mol. The quantitative estimate of drug-likeness (QED) is 0.319. The second-order valence-corrected chi connectivity index (χ2v) is 11.3. The molecule has 188 valence electrons. The van der Waals surface area contributed by atoms with Crippen LogP contribution in [0.4, 0.5) is 5.69 Å². The molecule has 0 radical (unpaired) electrons. The number of fused-ring (bicyclic) bond motifs is 2. The number of aliphatic hydroxyl groups excluding tert-OH is 1. The Labute approximate surface area is 219 Å². The number of anilines is 1. The Hall–Kier alpha value is -2.49. The number of allylic oxidation sites excluding steroid dienone is 2. The van der Waals surface area contributed by atoms with E-state index in [4.69, 9.17) is 11.6 Å². The van der Waals surface area contributed by atoms with Gasteiger partial charge >= 0.3 is 0 Å². The number of nitrogens with zero attached hydrogens (tertiary/aromatic N) is 1. The zero-order chi connectivity index (χ0) is 24.5. The van der Waals surface area contributed by atoms with E-state index in [2.05, 4.69) is 64.5 Å². The number of hydrogen-bond donors (Lipinski definition) is 2. The van der Waals surface area contributed by atoms with Crippen LogP contribution in [0.25, 0.3) is 17.0 Å². The molecular weight excluding hydrogens is 464 g/mol. The van der Waals surface area contributed by atoms with Crippen LogP contribution in [-0.2, 0) is 18.8 Å². The molecule has 0 saturated heterocycles. The Kier molecular flexibility index (Phi) is 6.95. The number of nitrogens with one attached hydrogen (secondary N) is 1. The minimum Gasteiger partial charge on any atom is -0.388 e. The molecule has 3 aromatic rings. The molecule has 6 rings (SSSR count). The van der Waals surface area contributed by atoms with Crippen molar-refractivity contribution in [1.82, 2.24) is 4.57 Å². The Morgan fingerprint density at radius 3 is 2.61 bits per heavy atom. The molecule has 3 aliphatic rings. The zero-order valence-electron chi connectivity index (χ0n) is 21.1. The molecule has 3 aliphatic carbocycles.